The Morgan fingerprint density at radius 3 is 3.06 bits per heavy atom. The van der Waals surface area contributed by atoms with Crippen molar-refractivity contribution < 1.29 is 4.74 Å². The van der Waals surface area contributed by atoms with Gasteiger partial charge in [0.15, 0.2) is 0 Å². The Balaban J connectivity index is 2.31. The summed E-state index contributed by atoms with van der Waals surface area (Å²) in [6, 6.07) is 6.21. The fraction of sp³-hybridized carbons (Fsp3) is 0.385. The molecule has 1 aliphatic heterocycles. The Labute approximate surface area is 94.8 Å². The number of fused-ring (bicyclic) bond motifs is 3. The molecule has 0 radical (unpaired) electrons. The van der Waals surface area contributed by atoms with Crippen molar-refractivity contribution in [2.24, 2.45) is 0 Å². The first-order chi connectivity index (χ1) is 7.81. The van der Waals surface area contributed by atoms with Crippen LogP contribution in [0.25, 0.3) is 10.9 Å². The first kappa shape index (κ1) is 9.73. The molecule has 3 rings (SSSR count). The average molecular weight is 216 g/mol. The van der Waals surface area contributed by atoms with Crippen LogP contribution in [0.5, 0.6) is 5.75 Å². The molecule has 1 atom stereocenters. The number of H-pyrrole nitrogens is 1. The van der Waals surface area contributed by atoms with Gasteiger partial charge in [-0.1, -0.05) is 19.1 Å². The van der Waals surface area contributed by atoms with E-state index in [-0.39, 0.29) is 0 Å². The molecular weight excluding hydrogens is 200 g/mol. The number of benzene rings is 1. The topological polar surface area (TPSA) is 37.0 Å². The van der Waals surface area contributed by atoms with E-state index in [2.05, 4.69) is 29.4 Å². The third-order valence-electron chi connectivity index (χ3n) is 3.40. The number of nitrogens with one attached hydrogen (secondary N) is 2. The maximum Gasteiger partial charge on any atom is 0.142 e. The van der Waals surface area contributed by atoms with Gasteiger partial charge in [-0.2, -0.15) is 0 Å². The summed E-state index contributed by atoms with van der Waals surface area (Å²) in [5, 5.41) is 4.73. The number of hydrogen-bond donors (Lipinski definition) is 2. The summed E-state index contributed by atoms with van der Waals surface area (Å²) in [5.74, 6) is 1.47. The van der Waals surface area contributed by atoms with Crippen molar-refractivity contribution >= 4 is 10.9 Å². The predicted octanol–water partition coefficient (Wildman–Crippen LogP) is 2.38. The Bertz CT molecular complexity index is 530. The molecule has 1 aromatic heterocycles. The van der Waals surface area contributed by atoms with E-state index in [9.17, 15) is 0 Å². The molecule has 0 saturated carbocycles. The summed E-state index contributed by atoms with van der Waals surface area (Å²) in [5.41, 5.74) is 3.89. The van der Waals surface area contributed by atoms with Gasteiger partial charge in [-0.15, -0.1) is 0 Å². The number of para-hydroxylation sites is 1. The Morgan fingerprint density at radius 2 is 2.25 bits per heavy atom. The highest BCUT2D eigenvalue weighted by Crippen LogP contribution is 2.34. The summed E-state index contributed by atoms with van der Waals surface area (Å²) in [6.45, 7) is 4.24. The minimum atomic E-state index is 0.542. The molecule has 0 spiro atoms. The van der Waals surface area contributed by atoms with E-state index in [1.165, 1.54) is 16.6 Å². The van der Waals surface area contributed by atoms with E-state index in [0.717, 1.165) is 24.4 Å². The molecule has 3 heteroatoms. The number of aromatic amines is 1. The smallest absolute Gasteiger partial charge is 0.142 e. The first-order valence-corrected chi connectivity index (χ1v) is 5.69. The van der Waals surface area contributed by atoms with Gasteiger partial charge < -0.3 is 15.0 Å². The lowest BCUT2D eigenvalue weighted by Crippen LogP contribution is -2.26. The quantitative estimate of drug-likeness (QED) is 0.768. The van der Waals surface area contributed by atoms with Gasteiger partial charge in [-0.25, -0.2) is 0 Å². The minimum Gasteiger partial charge on any atom is -0.495 e. The number of hydrogen-bond acceptors (Lipinski definition) is 2. The van der Waals surface area contributed by atoms with Gasteiger partial charge in [0, 0.05) is 30.1 Å². The third-order valence-corrected chi connectivity index (χ3v) is 3.40. The van der Waals surface area contributed by atoms with Gasteiger partial charge in [-0.05, 0) is 11.6 Å². The van der Waals surface area contributed by atoms with Crippen LogP contribution < -0.4 is 10.1 Å². The predicted molar refractivity (Wildman–Crippen MR) is 65.0 cm³/mol. The maximum absolute atomic E-state index is 5.39. The molecule has 2 N–H and O–H groups in total. The van der Waals surface area contributed by atoms with Crippen molar-refractivity contribution in [1.82, 2.24) is 10.3 Å². The standard InChI is InChI=1S/C13H16N2O/c1-8-6-14-7-10-9-4-3-5-11(16-2)13(9)15-12(8)10/h3-5,8,14-15H,6-7H2,1-2H3. The van der Waals surface area contributed by atoms with Crippen molar-refractivity contribution in [3.8, 4) is 5.75 Å². The lowest BCUT2D eigenvalue weighted by atomic mass is 9.98. The molecule has 16 heavy (non-hydrogen) atoms. The molecule has 2 aromatic rings. The number of aromatic nitrogens is 1. The Morgan fingerprint density at radius 1 is 1.38 bits per heavy atom. The highest BCUT2D eigenvalue weighted by atomic mass is 16.5. The molecule has 1 unspecified atom stereocenters. The monoisotopic (exact) mass is 216 g/mol. The highest BCUT2D eigenvalue weighted by molar-refractivity contribution is 5.90. The number of rotatable bonds is 1. The molecule has 1 aliphatic rings. The third kappa shape index (κ3) is 1.25. The van der Waals surface area contributed by atoms with Crippen LogP contribution >= 0.6 is 0 Å². The SMILES string of the molecule is COc1cccc2c3c([nH]c12)C(C)CNC3. The summed E-state index contributed by atoms with van der Waals surface area (Å²) < 4.78 is 5.39. The highest BCUT2D eigenvalue weighted by Gasteiger charge is 2.21. The summed E-state index contributed by atoms with van der Waals surface area (Å²) in [6.07, 6.45) is 0. The second kappa shape index (κ2) is 3.52. The first-order valence-electron chi connectivity index (χ1n) is 5.69. The molecular formula is C13H16N2O. The van der Waals surface area contributed by atoms with Crippen LogP contribution in [0.3, 0.4) is 0 Å². The fourth-order valence-electron chi connectivity index (χ4n) is 2.56. The van der Waals surface area contributed by atoms with Crippen LogP contribution in [0.4, 0.5) is 0 Å². The van der Waals surface area contributed by atoms with Crippen molar-refractivity contribution in [3.05, 3.63) is 29.5 Å². The van der Waals surface area contributed by atoms with E-state index >= 15 is 0 Å². The van der Waals surface area contributed by atoms with Crippen LogP contribution in [0.15, 0.2) is 18.2 Å². The van der Waals surface area contributed by atoms with Gasteiger partial charge in [0.1, 0.15) is 5.75 Å². The van der Waals surface area contributed by atoms with Crippen molar-refractivity contribution in [2.75, 3.05) is 13.7 Å². The van der Waals surface area contributed by atoms with Crippen LogP contribution in [0, 0.1) is 0 Å². The van der Waals surface area contributed by atoms with E-state index in [4.69, 9.17) is 4.74 Å². The lowest BCUT2D eigenvalue weighted by molar-refractivity contribution is 0.419. The lowest BCUT2D eigenvalue weighted by Gasteiger charge is -2.19. The van der Waals surface area contributed by atoms with Crippen LogP contribution in [-0.2, 0) is 6.54 Å². The number of ether oxygens (including phenoxy) is 1. The number of methoxy groups -OCH3 is 1. The fourth-order valence-corrected chi connectivity index (χ4v) is 2.56. The maximum atomic E-state index is 5.39. The Hall–Kier alpha value is -1.48. The Kier molecular flexibility index (Phi) is 2.14. The van der Waals surface area contributed by atoms with E-state index in [0.29, 0.717) is 5.92 Å². The van der Waals surface area contributed by atoms with Crippen molar-refractivity contribution in [1.29, 1.82) is 0 Å². The summed E-state index contributed by atoms with van der Waals surface area (Å²) in [7, 11) is 1.72. The van der Waals surface area contributed by atoms with E-state index in [1.54, 1.807) is 7.11 Å². The van der Waals surface area contributed by atoms with Gasteiger partial charge in [0.05, 0.1) is 12.6 Å². The molecule has 3 nitrogen and oxygen atoms in total. The van der Waals surface area contributed by atoms with Crippen molar-refractivity contribution in [2.45, 2.75) is 19.4 Å². The van der Waals surface area contributed by atoms with Crippen molar-refractivity contribution in [3.63, 3.8) is 0 Å². The zero-order chi connectivity index (χ0) is 11.1. The molecule has 0 amide bonds. The normalized spacial score (nSPS) is 19.8. The van der Waals surface area contributed by atoms with E-state index < -0.39 is 0 Å². The second-order valence-corrected chi connectivity index (χ2v) is 4.43. The molecule has 0 aliphatic carbocycles. The zero-order valence-corrected chi connectivity index (χ0v) is 9.63. The molecule has 0 bridgehead atoms. The minimum absolute atomic E-state index is 0.542. The average Bonchev–Trinajstić information content (AvgIpc) is 2.69. The molecule has 0 fully saturated rings. The van der Waals surface area contributed by atoms with Crippen LogP contribution in [-0.4, -0.2) is 18.6 Å². The molecule has 0 saturated heterocycles. The van der Waals surface area contributed by atoms with Gasteiger partial charge in [-0.3, -0.25) is 0 Å². The molecule has 2 heterocycles. The summed E-state index contributed by atoms with van der Waals surface area (Å²) >= 11 is 0. The van der Waals surface area contributed by atoms with Gasteiger partial charge >= 0.3 is 0 Å². The summed E-state index contributed by atoms with van der Waals surface area (Å²) in [4.78, 5) is 3.52. The molecule has 84 valence electrons. The van der Waals surface area contributed by atoms with E-state index in [1.807, 2.05) is 6.07 Å². The second-order valence-electron chi connectivity index (χ2n) is 4.43. The van der Waals surface area contributed by atoms with Crippen LogP contribution in [0.1, 0.15) is 24.1 Å². The largest absolute Gasteiger partial charge is 0.495 e. The zero-order valence-electron chi connectivity index (χ0n) is 9.63. The molecule has 1 aromatic carbocycles. The van der Waals surface area contributed by atoms with Gasteiger partial charge in [0.25, 0.3) is 0 Å². The van der Waals surface area contributed by atoms with Gasteiger partial charge in [0.2, 0.25) is 0 Å². The van der Waals surface area contributed by atoms with Crippen LogP contribution in [0.2, 0.25) is 0 Å².